The number of ketones is 1. The minimum atomic E-state index is -0.834. The van der Waals surface area contributed by atoms with E-state index >= 15 is 0 Å². The molecule has 38 heavy (non-hydrogen) atoms. The van der Waals surface area contributed by atoms with Gasteiger partial charge in [0, 0.05) is 41.6 Å². The van der Waals surface area contributed by atoms with Crippen molar-refractivity contribution >= 4 is 34.3 Å². The molecule has 4 aromatic rings. The highest BCUT2D eigenvalue weighted by molar-refractivity contribution is 6.46. The maximum Gasteiger partial charge on any atom is 0.338 e. The summed E-state index contributed by atoms with van der Waals surface area (Å²) in [7, 11) is 0. The Balaban J connectivity index is 1.54. The van der Waals surface area contributed by atoms with Crippen molar-refractivity contribution in [2.75, 3.05) is 13.2 Å². The van der Waals surface area contributed by atoms with Gasteiger partial charge in [0.15, 0.2) is 0 Å². The van der Waals surface area contributed by atoms with E-state index in [1.807, 2.05) is 25.3 Å². The van der Waals surface area contributed by atoms with Crippen molar-refractivity contribution in [1.29, 1.82) is 0 Å². The first-order valence-corrected chi connectivity index (χ1v) is 12.4. The number of aryl methyl sites for hydroxylation is 1. The summed E-state index contributed by atoms with van der Waals surface area (Å²) in [6.07, 6.45) is 5.42. The summed E-state index contributed by atoms with van der Waals surface area (Å²) in [6.45, 7) is 4.25. The molecule has 1 unspecified atom stereocenters. The summed E-state index contributed by atoms with van der Waals surface area (Å²) in [4.78, 5) is 47.5. The molecular weight excluding hydrogens is 482 g/mol. The number of aromatic nitrogens is 2. The van der Waals surface area contributed by atoms with Crippen LogP contribution in [0.1, 0.15) is 45.6 Å². The third kappa shape index (κ3) is 4.56. The highest BCUT2D eigenvalue weighted by atomic mass is 16.5. The number of likely N-dealkylation sites (tertiary alicyclic amines) is 1. The monoisotopic (exact) mass is 509 g/mol. The van der Waals surface area contributed by atoms with Crippen LogP contribution in [0.3, 0.4) is 0 Å². The lowest BCUT2D eigenvalue weighted by molar-refractivity contribution is -0.139. The molecule has 2 aromatic carbocycles. The molecule has 0 spiro atoms. The van der Waals surface area contributed by atoms with Gasteiger partial charge in [-0.1, -0.05) is 24.3 Å². The van der Waals surface area contributed by atoms with Gasteiger partial charge in [-0.2, -0.15) is 0 Å². The quantitative estimate of drug-likeness (QED) is 0.161. The summed E-state index contributed by atoms with van der Waals surface area (Å²) in [5.41, 5.74) is 4.44. The molecule has 0 bridgehead atoms. The van der Waals surface area contributed by atoms with Crippen molar-refractivity contribution in [3.63, 3.8) is 0 Å². The number of aromatic amines is 1. The second-order valence-corrected chi connectivity index (χ2v) is 9.19. The summed E-state index contributed by atoms with van der Waals surface area (Å²) in [6, 6.07) is 15.1. The first kappa shape index (κ1) is 25.0. The van der Waals surface area contributed by atoms with Crippen molar-refractivity contribution in [3.05, 3.63) is 107 Å². The Hall–Kier alpha value is -4.72. The molecule has 1 atom stereocenters. The third-order valence-electron chi connectivity index (χ3n) is 6.76. The van der Waals surface area contributed by atoms with Gasteiger partial charge in [-0.15, -0.1) is 0 Å². The minimum Gasteiger partial charge on any atom is -0.507 e. The molecule has 1 amide bonds. The molecule has 5 rings (SSSR count). The molecular formula is C30H27N3O5. The van der Waals surface area contributed by atoms with Crippen LogP contribution < -0.4 is 0 Å². The van der Waals surface area contributed by atoms with E-state index < -0.39 is 23.7 Å². The summed E-state index contributed by atoms with van der Waals surface area (Å²) in [5, 5.41) is 12.2. The SMILES string of the molecule is CCOC(=O)c1ccc(C2C(=C(O)c3cccnc3)C(=O)C(=O)N2CCc2c[nH]c3cc(C)ccc23)cc1. The standard InChI is InChI=1S/C30H27N3O5/c1-3-38-30(37)20-9-7-19(8-10-20)26-25(27(34)22-5-4-13-31-16-22)28(35)29(36)33(26)14-12-21-17-32-24-15-18(2)6-11-23(21)24/h4-11,13,15-17,26,32,34H,3,12,14H2,1-2H3. The van der Waals surface area contributed by atoms with Crippen LogP contribution in [0.15, 0.2) is 78.8 Å². The van der Waals surface area contributed by atoms with Gasteiger partial charge in [-0.25, -0.2) is 4.79 Å². The van der Waals surface area contributed by atoms with Crippen molar-refractivity contribution in [2.45, 2.75) is 26.3 Å². The van der Waals surface area contributed by atoms with E-state index in [-0.39, 0.29) is 24.5 Å². The van der Waals surface area contributed by atoms with Gasteiger partial charge >= 0.3 is 5.97 Å². The van der Waals surface area contributed by atoms with Gasteiger partial charge in [-0.3, -0.25) is 14.6 Å². The second-order valence-electron chi connectivity index (χ2n) is 9.19. The zero-order valence-corrected chi connectivity index (χ0v) is 21.1. The Morgan fingerprint density at radius 2 is 1.89 bits per heavy atom. The lowest BCUT2D eigenvalue weighted by Gasteiger charge is -2.25. The molecule has 1 fully saturated rings. The van der Waals surface area contributed by atoms with Crippen LogP contribution >= 0.6 is 0 Å². The Bertz CT molecular complexity index is 1550. The van der Waals surface area contributed by atoms with E-state index in [9.17, 15) is 19.5 Å². The normalized spacial score (nSPS) is 16.8. The molecule has 2 N–H and O–H groups in total. The zero-order chi connectivity index (χ0) is 26.8. The number of benzene rings is 2. The number of hydrogen-bond donors (Lipinski definition) is 2. The molecule has 8 heteroatoms. The smallest absolute Gasteiger partial charge is 0.338 e. The molecule has 3 heterocycles. The Morgan fingerprint density at radius 1 is 1.11 bits per heavy atom. The predicted octanol–water partition coefficient (Wildman–Crippen LogP) is 4.71. The van der Waals surface area contributed by atoms with Crippen molar-refractivity contribution in [2.24, 2.45) is 0 Å². The average molecular weight is 510 g/mol. The Morgan fingerprint density at radius 3 is 2.61 bits per heavy atom. The number of Topliss-reactive ketones (excluding diaryl/α,β-unsaturated/α-hetero) is 1. The van der Waals surface area contributed by atoms with Crippen LogP contribution in [-0.2, 0) is 20.7 Å². The Kier molecular flexibility index (Phi) is 6.79. The lowest BCUT2D eigenvalue weighted by Crippen LogP contribution is -2.31. The summed E-state index contributed by atoms with van der Waals surface area (Å²) < 4.78 is 5.07. The van der Waals surface area contributed by atoms with Crippen molar-refractivity contribution < 1.29 is 24.2 Å². The van der Waals surface area contributed by atoms with E-state index in [0.717, 1.165) is 22.0 Å². The maximum atomic E-state index is 13.3. The number of amides is 1. The fourth-order valence-corrected chi connectivity index (χ4v) is 4.88. The number of carbonyl (C=O) groups excluding carboxylic acids is 3. The van der Waals surface area contributed by atoms with E-state index in [0.29, 0.717) is 23.1 Å². The van der Waals surface area contributed by atoms with Crippen LogP contribution in [0.5, 0.6) is 0 Å². The molecule has 0 aliphatic carbocycles. The van der Waals surface area contributed by atoms with Crippen LogP contribution in [-0.4, -0.2) is 50.8 Å². The minimum absolute atomic E-state index is 0.0126. The van der Waals surface area contributed by atoms with Gasteiger partial charge in [-0.05, 0) is 67.3 Å². The Labute approximate surface area is 219 Å². The highest BCUT2D eigenvalue weighted by Gasteiger charge is 2.46. The molecule has 0 radical (unpaired) electrons. The molecule has 2 aromatic heterocycles. The summed E-state index contributed by atoms with van der Waals surface area (Å²) in [5.74, 6) is -2.20. The fourth-order valence-electron chi connectivity index (χ4n) is 4.88. The molecule has 8 nitrogen and oxygen atoms in total. The van der Waals surface area contributed by atoms with Gasteiger partial charge in [0.2, 0.25) is 0 Å². The van der Waals surface area contributed by atoms with E-state index in [2.05, 4.69) is 16.0 Å². The van der Waals surface area contributed by atoms with Gasteiger partial charge in [0.05, 0.1) is 23.8 Å². The topological polar surface area (TPSA) is 113 Å². The number of carbonyl (C=O) groups is 3. The zero-order valence-electron chi connectivity index (χ0n) is 21.1. The first-order valence-electron chi connectivity index (χ1n) is 12.4. The van der Waals surface area contributed by atoms with Crippen LogP contribution in [0.25, 0.3) is 16.7 Å². The van der Waals surface area contributed by atoms with E-state index in [1.165, 1.54) is 11.1 Å². The summed E-state index contributed by atoms with van der Waals surface area (Å²) >= 11 is 0. The second kappa shape index (κ2) is 10.3. The molecule has 1 saturated heterocycles. The number of ether oxygens (including phenoxy) is 1. The number of H-pyrrole nitrogens is 1. The van der Waals surface area contributed by atoms with E-state index in [1.54, 1.807) is 49.5 Å². The van der Waals surface area contributed by atoms with E-state index in [4.69, 9.17) is 4.74 Å². The van der Waals surface area contributed by atoms with Crippen LogP contribution in [0, 0.1) is 6.92 Å². The number of esters is 1. The van der Waals surface area contributed by atoms with Crippen molar-refractivity contribution in [1.82, 2.24) is 14.9 Å². The largest absolute Gasteiger partial charge is 0.507 e. The van der Waals surface area contributed by atoms with Gasteiger partial charge < -0.3 is 19.7 Å². The van der Waals surface area contributed by atoms with Gasteiger partial charge in [0.25, 0.3) is 11.7 Å². The lowest BCUT2D eigenvalue weighted by atomic mass is 9.95. The van der Waals surface area contributed by atoms with Crippen LogP contribution in [0.2, 0.25) is 0 Å². The molecule has 1 aliphatic rings. The number of aliphatic hydroxyl groups is 1. The number of aliphatic hydroxyl groups excluding tert-OH is 1. The number of hydrogen-bond acceptors (Lipinski definition) is 6. The molecule has 192 valence electrons. The number of rotatable bonds is 7. The highest BCUT2D eigenvalue weighted by Crippen LogP contribution is 2.39. The number of pyridine rings is 1. The predicted molar refractivity (Wildman–Crippen MR) is 142 cm³/mol. The van der Waals surface area contributed by atoms with Crippen LogP contribution in [0.4, 0.5) is 0 Å². The van der Waals surface area contributed by atoms with Gasteiger partial charge in [0.1, 0.15) is 5.76 Å². The molecule has 1 aliphatic heterocycles. The molecule has 0 saturated carbocycles. The average Bonchev–Trinajstić information content (AvgIpc) is 3.45. The maximum absolute atomic E-state index is 13.3. The first-order chi connectivity index (χ1) is 18.4. The number of nitrogens with zero attached hydrogens (tertiary/aromatic N) is 2. The third-order valence-corrected chi connectivity index (χ3v) is 6.76. The number of fused-ring (bicyclic) bond motifs is 1. The number of nitrogens with one attached hydrogen (secondary N) is 1. The van der Waals surface area contributed by atoms with Crippen molar-refractivity contribution in [3.8, 4) is 0 Å². The fraction of sp³-hybridized carbons (Fsp3) is 0.200.